The summed E-state index contributed by atoms with van der Waals surface area (Å²) in [6.07, 6.45) is 1.67. The molecule has 0 saturated carbocycles. The van der Waals surface area contributed by atoms with E-state index in [0.29, 0.717) is 16.9 Å². The van der Waals surface area contributed by atoms with Crippen LogP contribution in [0, 0.1) is 0 Å². The van der Waals surface area contributed by atoms with E-state index in [9.17, 15) is 28.0 Å². The normalized spacial score (nSPS) is 11.6. The molecule has 0 radical (unpaired) electrons. The van der Waals surface area contributed by atoms with Gasteiger partial charge in [0.15, 0.2) is 5.69 Å². The summed E-state index contributed by atoms with van der Waals surface area (Å²) in [5.41, 5.74) is 1.86. The van der Waals surface area contributed by atoms with E-state index >= 15 is 0 Å². The Bertz CT molecular complexity index is 1770. The van der Waals surface area contributed by atoms with Gasteiger partial charge in [-0.3, -0.25) is 9.35 Å². The van der Waals surface area contributed by atoms with Crippen LogP contribution >= 0.6 is 0 Å². The number of carbonyl (C=O) groups is 1. The summed E-state index contributed by atoms with van der Waals surface area (Å²) in [7, 11) is -4.50. The van der Waals surface area contributed by atoms with Gasteiger partial charge in [-0.1, -0.05) is 35.5 Å². The molecular weight excluding hydrogens is 511 g/mol. The van der Waals surface area contributed by atoms with Crippen molar-refractivity contribution in [2.45, 2.75) is 4.90 Å². The van der Waals surface area contributed by atoms with Crippen LogP contribution in [0.2, 0.25) is 0 Å². The minimum atomic E-state index is -4.50. The molecule has 0 fully saturated rings. The quantitative estimate of drug-likeness (QED) is 0.148. The number of phenolic OH excluding ortho intramolecular Hbond substituents is 1. The zero-order valence-corrected chi connectivity index (χ0v) is 22.0. The number of aromatic amines is 1. The van der Waals surface area contributed by atoms with Gasteiger partial charge in [-0.15, -0.1) is 15.3 Å². The van der Waals surface area contributed by atoms with Crippen LogP contribution in [0.15, 0.2) is 88.1 Å². The van der Waals surface area contributed by atoms with E-state index < -0.39 is 26.8 Å². The number of fused-ring (bicyclic) bond motifs is 1. The Morgan fingerprint density at radius 3 is 2.46 bits per heavy atom. The fourth-order valence-corrected chi connectivity index (χ4v) is 4.03. The zero-order chi connectivity index (χ0) is 25.4. The fourth-order valence-electron chi connectivity index (χ4n) is 3.53. The van der Waals surface area contributed by atoms with Gasteiger partial charge in [-0.2, -0.15) is 8.42 Å². The molecule has 0 aliphatic heterocycles. The van der Waals surface area contributed by atoms with Crippen LogP contribution in [0.3, 0.4) is 0 Å². The van der Waals surface area contributed by atoms with Gasteiger partial charge in [0.05, 0.1) is 27.9 Å². The summed E-state index contributed by atoms with van der Waals surface area (Å²) in [4.78, 5) is 14.7. The first-order valence-electron chi connectivity index (χ1n) is 10.3. The number of amides is 1. The predicted octanol–water partition coefficient (Wildman–Crippen LogP) is 1.00. The molecule has 2 aromatic heterocycles. The molecule has 180 valence electrons. The molecule has 0 aliphatic carbocycles. The minimum absolute atomic E-state index is 0. The number of aromatic hydroxyl groups is 2. The summed E-state index contributed by atoms with van der Waals surface area (Å²) in [5.74, 6) is -1.76. The number of hydrogen-bond donors (Lipinski definition) is 4. The van der Waals surface area contributed by atoms with E-state index in [0.717, 1.165) is 17.7 Å². The van der Waals surface area contributed by atoms with Gasteiger partial charge >= 0.3 is 29.6 Å². The molecule has 1 amide bonds. The third kappa shape index (κ3) is 5.30. The maximum Gasteiger partial charge on any atom is 1.00 e. The van der Waals surface area contributed by atoms with Crippen LogP contribution in [0.5, 0.6) is 11.6 Å². The largest absolute Gasteiger partial charge is 1.00 e. The molecule has 3 aromatic carbocycles. The van der Waals surface area contributed by atoms with Crippen molar-refractivity contribution < 1.29 is 57.5 Å². The van der Waals surface area contributed by atoms with Gasteiger partial charge in [-0.05, 0) is 30.3 Å². The van der Waals surface area contributed by atoms with Gasteiger partial charge in [0, 0.05) is 17.0 Å². The molecule has 0 unspecified atom stereocenters. The Morgan fingerprint density at radius 2 is 1.76 bits per heavy atom. The molecule has 0 saturated heterocycles. The summed E-state index contributed by atoms with van der Waals surface area (Å²) in [6, 6.07) is 17.1. The first-order valence-corrected chi connectivity index (χ1v) is 11.7. The second-order valence-electron chi connectivity index (χ2n) is 7.63. The zero-order valence-electron chi connectivity index (χ0n) is 19.1. The van der Waals surface area contributed by atoms with Crippen molar-refractivity contribution in [2.75, 3.05) is 0 Å². The van der Waals surface area contributed by atoms with E-state index in [1.54, 1.807) is 6.20 Å². The molecule has 0 spiro atoms. The van der Waals surface area contributed by atoms with Crippen LogP contribution in [0.1, 0.15) is 10.4 Å². The standard InChI is InChI=1S/C23H16N6O6S.Na/c30-20-10-14(29-12-19(25-28-29)13-4-2-1-3-5-13)6-8-16(20)22(31)27-26-21-17-11-15(36(33,34)35)7-9-18(17)24-23(21)32;/h1-12,24,30,32H,(H,33,34,35);/q;+1. The van der Waals surface area contributed by atoms with Crippen molar-refractivity contribution in [1.29, 1.82) is 0 Å². The Labute approximate surface area is 231 Å². The van der Waals surface area contributed by atoms with E-state index in [2.05, 4.69) is 25.5 Å². The first kappa shape index (κ1) is 26.2. The van der Waals surface area contributed by atoms with E-state index in [1.165, 1.54) is 28.9 Å². The van der Waals surface area contributed by atoms with Gasteiger partial charge in [0.2, 0.25) is 5.88 Å². The Kier molecular flexibility index (Phi) is 7.25. The maximum atomic E-state index is 12.6. The number of hydrogen-bond acceptors (Lipinski definition) is 8. The molecule has 2 heterocycles. The molecule has 0 atom stereocenters. The third-order valence-electron chi connectivity index (χ3n) is 5.30. The van der Waals surface area contributed by atoms with Crippen LogP contribution in [0.4, 0.5) is 5.69 Å². The second-order valence-corrected chi connectivity index (χ2v) is 9.05. The van der Waals surface area contributed by atoms with Crippen molar-refractivity contribution in [3.8, 4) is 28.6 Å². The number of phenols is 1. The number of nitrogens with zero attached hydrogens (tertiary/aromatic N) is 5. The van der Waals surface area contributed by atoms with Gasteiger partial charge in [-0.25, -0.2) is 4.68 Å². The number of benzene rings is 3. The summed E-state index contributed by atoms with van der Waals surface area (Å²) < 4.78 is 33.5. The number of H-pyrrole nitrogens is 1. The molecule has 37 heavy (non-hydrogen) atoms. The van der Waals surface area contributed by atoms with Crippen molar-refractivity contribution in [3.05, 3.63) is 78.5 Å². The van der Waals surface area contributed by atoms with E-state index in [4.69, 9.17) is 0 Å². The Morgan fingerprint density at radius 1 is 1.00 bits per heavy atom. The third-order valence-corrected chi connectivity index (χ3v) is 6.15. The average Bonchev–Trinajstić information content (AvgIpc) is 3.46. The van der Waals surface area contributed by atoms with E-state index in [1.807, 2.05) is 30.3 Å². The van der Waals surface area contributed by atoms with Gasteiger partial charge in [0.1, 0.15) is 11.4 Å². The van der Waals surface area contributed by atoms with Crippen molar-refractivity contribution >= 4 is 32.6 Å². The molecule has 14 heteroatoms. The first-order chi connectivity index (χ1) is 17.2. The second kappa shape index (κ2) is 10.2. The minimum Gasteiger partial charge on any atom is -0.507 e. The average molecular weight is 527 g/mol. The fraction of sp³-hybridized carbons (Fsp3) is 0. The number of nitrogens with one attached hydrogen (secondary N) is 1. The predicted molar refractivity (Wildman–Crippen MR) is 127 cm³/mol. The Hall–Kier alpha value is -3.88. The Balaban J connectivity index is 0.00000320. The number of carbonyl (C=O) groups excluding carboxylic acids is 1. The molecule has 5 aromatic rings. The van der Waals surface area contributed by atoms with Crippen LogP contribution < -0.4 is 29.6 Å². The van der Waals surface area contributed by atoms with Crippen molar-refractivity contribution in [2.24, 2.45) is 10.2 Å². The molecule has 5 rings (SSSR count). The summed E-state index contributed by atoms with van der Waals surface area (Å²) >= 11 is 0. The molecular formula is C23H16N6NaO6S+. The molecule has 0 bridgehead atoms. The smallest absolute Gasteiger partial charge is 0.507 e. The monoisotopic (exact) mass is 527 g/mol. The number of aromatic nitrogens is 4. The SMILES string of the molecule is O=C(N=Nc1c(O)[nH]c2ccc(S(=O)(=O)O)cc12)c1ccc(-n2cc(-c3ccccc3)nn2)cc1O.[Na+]. The molecule has 12 nitrogen and oxygen atoms in total. The van der Waals surface area contributed by atoms with Crippen molar-refractivity contribution in [1.82, 2.24) is 20.0 Å². The van der Waals surface area contributed by atoms with Crippen LogP contribution in [-0.2, 0) is 10.1 Å². The topological polar surface area (TPSA) is 183 Å². The van der Waals surface area contributed by atoms with Gasteiger partial charge in [0.25, 0.3) is 16.0 Å². The van der Waals surface area contributed by atoms with Crippen LogP contribution in [-0.4, -0.2) is 49.1 Å². The number of azo groups is 1. The molecule has 4 N–H and O–H groups in total. The summed E-state index contributed by atoms with van der Waals surface area (Å²) in [5, 5.41) is 36.1. The van der Waals surface area contributed by atoms with E-state index in [-0.39, 0.29) is 51.9 Å². The maximum absolute atomic E-state index is 12.6. The number of rotatable bonds is 5. The summed E-state index contributed by atoms with van der Waals surface area (Å²) in [6.45, 7) is 0. The van der Waals surface area contributed by atoms with Gasteiger partial charge < -0.3 is 15.2 Å². The van der Waals surface area contributed by atoms with Crippen LogP contribution in [0.25, 0.3) is 27.8 Å². The van der Waals surface area contributed by atoms with Crippen molar-refractivity contribution in [3.63, 3.8) is 0 Å². The molecule has 0 aliphatic rings.